The summed E-state index contributed by atoms with van der Waals surface area (Å²) in [5, 5.41) is 23.4. The van der Waals surface area contributed by atoms with Crippen LogP contribution in [-0.4, -0.2) is 83.1 Å². The van der Waals surface area contributed by atoms with Gasteiger partial charge in [0, 0.05) is 33.3 Å². The van der Waals surface area contributed by atoms with Crippen LogP contribution in [0.4, 0.5) is 22.0 Å². The first-order valence-corrected chi connectivity index (χ1v) is 10.4. The first-order valence-electron chi connectivity index (χ1n) is 10.4. The lowest BCUT2D eigenvalue weighted by Gasteiger charge is -2.16. The second kappa shape index (κ2) is 11.0. The van der Waals surface area contributed by atoms with E-state index in [-0.39, 0.29) is 11.5 Å². The van der Waals surface area contributed by atoms with E-state index in [0.29, 0.717) is 41.6 Å². The van der Waals surface area contributed by atoms with E-state index < -0.39 is 11.9 Å². The summed E-state index contributed by atoms with van der Waals surface area (Å²) in [6, 6.07) is 6.50. The molecule has 0 aliphatic carbocycles. The van der Waals surface area contributed by atoms with Crippen molar-refractivity contribution in [2.24, 2.45) is 7.05 Å². The molecule has 0 aliphatic rings. The van der Waals surface area contributed by atoms with Crippen molar-refractivity contribution in [3.63, 3.8) is 0 Å². The number of carbonyl (C=O) groups excluding carboxylic acids is 2. The normalized spacial score (nSPS) is 10.6. The zero-order valence-electron chi connectivity index (χ0n) is 19.7. The summed E-state index contributed by atoms with van der Waals surface area (Å²) >= 11 is 0. The molecular weight excluding hydrogens is 440 g/mol. The SMILES string of the molecule is CNC(=O)c1nnc(NC(=O)NCCN(C)C)cc1Nc1cccc(-c2ncn(C)n2)c1OC. The number of aromatic nitrogens is 5. The van der Waals surface area contributed by atoms with Crippen LogP contribution in [0.2, 0.25) is 0 Å². The molecule has 13 nitrogen and oxygen atoms in total. The summed E-state index contributed by atoms with van der Waals surface area (Å²) in [7, 11) is 8.62. The number of anilines is 3. The number of nitrogens with one attached hydrogen (secondary N) is 4. The van der Waals surface area contributed by atoms with Gasteiger partial charge in [-0.15, -0.1) is 10.2 Å². The number of benzene rings is 1. The number of nitrogens with zero attached hydrogens (tertiary/aromatic N) is 6. The molecule has 3 aromatic rings. The summed E-state index contributed by atoms with van der Waals surface area (Å²) in [5.41, 5.74) is 1.58. The molecule has 34 heavy (non-hydrogen) atoms. The van der Waals surface area contributed by atoms with Gasteiger partial charge in [-0.05, 0) is 26.2 Å². The fourth-order valence-electron chi connectivity index (χ4n) is 3.03. The Morgan fingerprint density at radius 3 is 2.62 bits per heavy atom. The maximum absolute atomic E-state index is 12.4. The van der Waals surface area contributed by atoms with E-state index in [9.17, 15) is 9.59 Å². The van der Waals surface area contributed by atoms with Crippen LogP contribution in [0, 0.1) is 0 Å². The highest BCUT2D eigenvalue weighted by Gasteiger charge is 2.19. The molecular formula is C21H28N10O3. The number of carbonyl (C=O) groups is 2. The van der Waals surface area contributed by atoms with Crippen LogP contribution in [0.3, 0.4) is 0 Å². The van der Waals surface area contributed by atoms with Crippen LogP contribution in [0.1, 0.15) is 10.5 Å². The van der Waals surface area contributed by atoms with E-state index >= 15 is 0 Å². The average molecular weight is 469 g/mol. The van der Waals surface area contributed by atoms with Crippen LogP contribution in [0.5, 0.6) is 5.75 Å². The number of rotatable bonds is 9. The molecule has 2 heterocycles. The topological polar surface area (TPSA) is 151 Å². The summed E-state index contributed by atoms with van der Waals surface area (Å²) in [6.07, 6.45) is 1.59. The van der Waals surface area contributed by atoms with Gasteiger partial charge >= 0.3 is 6.03 Å². The summed E-state index contributed by atoms with van der Waals surface area (Å²) in [6.45, 7) is 1.14. The largest absolute Gasteiger partial charge is 0.494 e. The van der Waals surface area contributed by atoms with Gasteiger partial charge in [0.1, 0.15) is 6.33 Å². The molecule has 13 heteroatoms. The molecule has 0 bridgehead atoms. The van der Waals surface area contributed by atoms with Crippen LogP contribution < -0.4 is 26.0 Å². The number of urea groups is 1. The summed E-state index contributed by atoms with van der Waals surface area (Å²) in [4.78, 5) is 30.8. The Balaban J connectivity index is 1.91. The molecule has 0 unspecified atom stereocenters. The minimum absolute atomic E-state index is 0.0458. The van der Waals surface area contributed by atoms with E-state index in [1.54, 1.807) is 24.1 Å². The fraction of sp³-hybridized carbons (Fsp3) is 0.333. The molecule has 4 N–H and O–H groups in total. The standard InChI is InChI=1S/C21H28N10O3/c1-22-20(32)17-15(11-16(27-28-17)26-21(33)23-9-10-30(2)3)25-14-8-6-7-13(18(14)34-5)19-24-12-31(4)29-19/h6-8,11-12H,9-10H2,1-5H3,(H,22,32)(H3,23,25,26,27,33). The number of likely N-dealkylation sites (N-methyl/N-ethyl adjacent to an activating group) is 1. The van der Waals surface area contributed by atoms with Gasteiger partial charge in [0.05, 0.1) is 24.0 Å². The molecule has 1 aromatic carbocycles. The van der Waals surface area contributed by atoms with Crippen molar-refractivity contribution in [3.05, 3.63) is 36.3 Å². The fourth-order valence-corrected chi connectivity index (χ4v) is 3.03. The van der Waals surface area contributed by atoms with E-state index in [4.69, 9.17) is 4.74 Å². The van der Waals surface area contributed by atoms with Crippen molar-refractivity contribution in [2.45, 2.75) is 0 Å². The number of hydrogen-bond acceptors (Lipinski definition) is 9. The van der Waals surface area contributed by atoms with Gasteiger partial charge in [0.2, 0.25) is 0 Å². The predicted octanol–water partition coefficient (Wildman–Crippen LogP) is 1.07. The van der Waals surface area contributed by atoms with Gasteiger partial charge in [-0.2, -0.15) is 5.10 Å². The van der Waals surface area contributed by atoms with Crippen LogP contribution in [-0.2, 0) is 7.05 Å². The molecule has 0 radical (unpaired) electrons. The zero-order valence-corrected chi connectivity index (χ0v) is 19.7. The first kappa shape index (κ1) is 24.4. The van der Waals surface area contributed by atoms with Crippen molar-refractivity contribution >= 4 is 29.1 Å². The maximum atomic E-state index is 12.4. The van der Waals surface area contributed by atoms with E-state index in [0.717, 1.165) is 0 Å². The highest BCUT2D eigenvalue weighted by molar-refractivity contribution is 5.99. The molecule has 0 saturated carbocycles. The second-order valence-electron chi connectivity index (χ2n) is 7.51. The molecule has 0 aliphatic heterocycles. The third kappa shape index (κ3) is 5.95. The Hall–Kier alpha value is -4.26. The molecule has 0 fully saturated rings. The van der Waals surface area contributed by atoms with Crippen molar-refractivity contribution in [3.8, 4) is 17.1 Å². The van der Waals surface area contributed by atoms with Gasteiger partial charge in [0.25, 0.3) is 5.91 Å². The Morgan fingerprint density at radius 1 is 1.18 bits per heavy atom. The van der Waals surface area contributed by atoms with Crippen molar-refractivity contribution in [2.75, 3.05) is 52.0 Å². The van der Waals surface area contributed by atoms with Crippen molar-refractivity contribution < 1.29 is 14.3 Å². The minimum Gasteiger partial charge on any atom is -0.494 e. The number of para-hydroxylation sites is 1. The highest BCUT2D eigenvalue weighted by atomic mass is 16.5. The van der Waals surface area contributed by atoms with Crippen LogP contribution in [0.25, 0.3) is 11.4 Å². The summed E-state index contributed by atoms with van der Waals surface area (Å²) < 4.78 is 7.22. The van der Waals surface area contributed by atoms with E-state index in [1.165, 1.54) is 20.2 Å². The third-order valence-corrected chi connectivity index (χ3v) is 4.65. The van der Waals surface area contributed by atoms with Gasteiger partial charge in [-0.1, -0.05) is 6.07 Å². The first-order chi connectivity index (χ1) is 16.3. The van der Waals surface area contributed by atoms with Gasteiger partial charge in [-0.3, -0.25) is 14.8 Å². The second-order valence-corrected chi connectivity index (χ2v) is 7.51. The number of hydrogen-bond donors (Lipinski definition) is 4. The lowest BCUT2D eigenvalue weighted by Crippen LogP contribution is -2.34. The zero-order chi connectivity index (χ0) is 24.7. The van der Waals surface area contributed by atoms with E-state index in [2.05, 4.69) is 41.5 Å². The molecule has 2 aromatic heterocycles. The minimum atomic E-state index is -0.446. The van der Waals surface area contributed by atoms with Crippen LogP contribution in [0.15, 0.2) is 30.6 Å². The lowest BCUT2D eigenvalue weighted by molar-refractivity contribution is 0.0958. The third-order valence-electron chi connectivity index (χ3n) is 4.65. The number of amides is 3. The molecule has 180 valence electrons. The average Bonchev–Trinajstić information content (AvgIpc) is 3.24. The Kier molecular flexibility index (Phi) is 7.92. The number of ether oxygens (including phenoxy) is 1. The molecule has 0 atom stereocenters. The highest BCUT2D eigenvalue weighted by Crippen LogP contribution is 2.37. The Bertz CT molecular complexity index is 1160. The number of aryl methyl sites for hydroxylation is 1. The Morgan fingerprint density at radius 2 is 1.97 bits per heavy atom. The van der Waals surface area contributed by atoms with Crippen LogP contribution >= 0.6 is 0 Å². The predicted molar refractivity (Wildman–Crippen MR) is 127 cm³/mol. The van der Waals surface area contributed by atoms with Crippen molar-refractivity contribution in [1.29, 1.82) is 0 Å². The number of methoxy groups -OCH3 is 1. The molecule has 3 rings (SSSR count). The van der Waals surface area contributed by atoms with Gasteiger partial charge < -0.3 is 25.6 Å². The molecule has 3 amide bonds. The van der Waals surface area contributed by atoms with Crippen molar-refractivity contribution in [1.82, 2.24) is 40.5 Å². The molecule has 0 spiro atoms. The monoisotopic (exact) mass is 468 g/mol. The Labute approximate surface area is 196 Å². The summed E-state index contributed by atoms with van der Waals surface area (Å²) in [5.74, 6) is 0.681. The molecule has 0 saturated heterocycles. The maximum Gasteiger partial charge on any atom is 0.320 e. The smallest absolute Gasteiger partial charge is 0.320 e. The van der Waals surface area contributed by atoms with Gasteiger partial charge in [-0.25, -0.2) is 9.78 Å². The quantitative estimate of drug-likeness (QED) is 0.361. The van der Waals surface area contributed by atoms with E-state index in [1.807, 2.05) is 31.1 Å². The lowest BCUT2D eigenvalue weighted by atomic mass is 10.1. The van der Waals surface area contributed by atoms with Gasteiger partial charge in [0.15, 0.2) is 23.1 Å².